The maximum absolute atomic E-state index is 12.0. The Morgan fingerprint density at radius 1 is 1.10 bits per heavy atom. The quantitative estimate of drug-likeness (QED) is 0.897. The van der Waals surface area contributed by atoms with Crippen LogP contribution in [0.3, 0.4) is 0 Å². The Bertz CT molecular complexity index is 701. The van der Waals surface area contributed by atoms with Crippen molar-refractivity contribution in [1.82, 2.24) is 0 Å². The Labute approximate surface area is 131 Å². The monoisotopic (exact) mass is 323 g/mol. The fraction of sp³-hybridized carbons (Fsp3) is 0.0667. The minimum absolute atomic E-state index is 0.0317. The highest BCUT2D eigenvalue weighted by Gasteiger charge is 2.13. The lowest BCUT2D eigenvalue weighted by Crippen LogP contribution is -2.16. The molecule has 108 valence electrons. The lowest BCUT2D eigenvalue weighted by molar-refractivity contribution is -0.115. The van der Waals surface area contributed by atoms with Gasteiger partial charge in [-0.25, -0.2) is 4.79 Å². The summed E-state index contributed by atoms with van der Waals surface area (Å²) in [5.41, 5.74) is 0.902. The molecule has 0 spiro atoms. The van der Waals surface area contributed by atoms with Crippen molar-refractivity contribution < 1.29 is 14.7 Å². The van der Waals surface area contributed by atoms with E-state index in [0.717, 1.165) is 0 Å². The van der Waals surface area contributed by atoms with Gasteiger partial charge in [0.2, 0.25) is 5.91 Å². The summed E-state index contributed by atoms with van der Waals surface area (Å²) < 4.78 is 0. The zero-order chi connectivity index (χ0) is 15.4. The molecule has 0 radical (unpaired) electrons. The second-order valence-electron chi connectivity index (χ2n) is 4.31. The van der Waals surface area contributed by atoms with Crippen LogP contribution in [-0.4, -0.2) is 17.0 Å². The van der Waals surface area contributed by atoms with Gasteiger partial charge in [0.15, 0.2) is 0 Å². The van der Waals surface area contributed by atoms with Crippen LogP contribution in [0.4, 0.5) is 5.69 Å². The molecule has 21 heavy (non-hydrogen) atoms. The highest BCUT2D eigenvalue weighted by molar-refractivity contribution is 6.35. The summed E-state index contributed by atoms with van der Waals surface area (Å²) in [5.74, 6) is -1.46. The van der Waals surface area contributed by atoms with E-state index in [-0.39, 0.29) is 23.6 Å². The molecule has 0 heterocycles. The van der Waals surface area contributed by atoms with Crippen molar-refractivity contribution in [3.05, 3.63) is 63.6 Å². The topological polar surface area (TPSA) is 66.4 Å². The van der Waals surface area contributed by atoms with Crippen LogP contribution in [-0.2, 0) is 11.2 Å². The molecule has 0 aromatic heterocycles. The predicted octanol–water partition coefficient (Wildman–Crippen LogP) is 3.87. The number of aromatic carboxylic acids is 1. The number of rotatable bonds is 4. The lowest BCUT2D eigenvalue weighted by atomic mass is 10.1. The first-order valence-electron chi connectivity index (χ1n) is 6.03. The van der Waals surface area contributed by atoms with Crippen molar-refractivity contribution in [2.45, 2.75) is 6.42 Å². The third-order valence-electron chi connectivity index (χ3n) is 2.80. The molecule has 0 atom stereocenters. The molecule has 0 aliphatic rings. The molecule has 0 fully saturated rings. The van der Waals surface area contributed by atoms with E-state index in [0.29, 0.717) is 15.6 Å². The number of hydrogen-bond acceptors (Lipinski definition) is 2. The first kappa shape index (κ1) is 15.4. The molecule has 6 heteroatoms. The van der Waals surface area contributed by atoms with Crippen molar-refractivity contribution in [1.29, 1.82) is 0 Å². The first-order valence-corrected chi connectivity index (χ1v) is 6.79. The van der Waals surface area contributed by atoms with Gasteiger partial charge in [-0.1, -0.05) is 41.4 Å². The van der Waals surface area contributed by atoms with Crippen molar-refractivity contribution in [3.8, 4) is 0 Å². The maximum Gasteiger partial charge on any atom is 0.337 e. The van der Waals surface area contributed by atoms with Gasteiger partial charge >= 0.3 is 5.97 Å². The SMILES string of the molecule is O=C(Cc1ccc(Cl)cc1Cl)Nc1ccccc1C(=O)O. The van der Waals surface area contributed by atoms with Crippen molar-refractivity contribution in [3.63, 3.8) is 0 Å². The Hall–Kier alpha value is -2.04. The summed E-state index contributed by atoms with van der Waals surface area (Å²) in [7, 11) is 0. The summed E-state index contributed by atoms with van der Waals surface area (Å²) in [5, 5.41) is 12.5. The number of halogens is 2. The van der Waals surface area contributed by atoms with Crippen LogP contribution in [0.2, 0.25) is 10.0 Å². The van der Waals surface area contributed by atoms with Gasteiger partial charge in [-0.3, -0.25) is 4.79 Å². The molecule has 1 amide bonds. The molecule has 0 saturated carbocycles. The normalized spacial score (nSPS) is 10.2. The van der Waals surface area contributed by atoms with Gasteiger partial charge < -0.3 is 10.4 Å². The molecular weight excluding hydrogens is 313 g/mol. The molecule has 0 aliphatic carbocycles. The van der Waals surface area contributed by atoms with Crippen molar-refractivity contribution in [2.75, 3.05) is 5.32 Å². The molecule has 2 N–H and O–H groups in total. The largest absolute Gasteiger partial charge is 0.478 e. The minimum Gasteiger partial charge on any atom is -0.478 e. The fourth-order valence-corrected chi connectivity index (χ4v) is 2.29. The molecule has 2 rings (SSSR count). The Morgan fingerprint density at radius 3 is 2.48 bits per heavy atom. The van der Waals surface area contributed by atoms with Crippen LogP contribution in [0.15, 0.2) is 42.5 Å². The second kappa shape index (κ2) is 6.61. The fourth-order valence-electron chi connectivity index (χ4n) is 1.81. The molecule has 2 aromatic rings. The minimum atomic E-state index is -1.10. The zero-order valence-electron chi connectivity index (χ0n) is 10.8. The van der Waals surface area contributed by atoms with Gasteiger partial charge in [0, 0.05) is 10.0 Å². The number of anilines is 1. The summed E-state index contributed by atoms with van der Waals surface area (Å²) in [6.07, 6.45) is 0.0317. The van der Waals surface area contributed by atoms with Gasteiger partial charge in [-0.2, -0.15) is 0 Å². The van der Waals surface area contributed by atoms with Gasteiger partial charge in [0.25, 0.3) is 0 Å². The number of nitrogens with one attached hydrogen (secondary N) is 1. The first-order chi connectivity index (χ1) is 9.97. The third-order valence-corrected chi connectivity index (χ3v) is 3.38. The van der Waals surface area contributed by atoms with Crippen LogP contribution in [0.5, 0.6) is 0 Å². The van der Waals surface area contributed by atoms with E-state index in [1.54, 1.807) is 30.3 Å². The van der Waals surface area contributed by atoms with E-state index >= 15 is 0 Å². The number of carboxylic acids is 1. The summed E-state index contributed by atoms with van der Waals surface area (Å²) >= 11 is 11.8. The Morgan fingerprint density at radius 2 is 1.81 bits per heavy atom. The molecule has 0 unspecified atom stereocenters. The van der Waals surface area contributed by atoms with Crippen LogP contribution in [0.25, 0.3) is 0 Å². The second-order valence-corrected chi connectivity index (χ2v) is 5.16. The number of amides is 1. The number of hydrogen-bond donors (Lipinski definition) is 2. The predicted molar refractivity (Wildman–Crippen MR) is 82.2 cm³/mol. The standard InChI is InChI=1S/C15H11Cl2NO3/c16-10-6-5-9(12(17)8-10)7-14(19)18-13-4-2-1-3-11(13)15(20)21/h1-6,8H,7H2,(H,18,19)(H,20,21). The van der Waals surface area contributed by atoms with Gasteiger partial charge in [-0.15, -0.1) is 0 Å². The molecular formula is C15H11Cl2NO3. The van der Waals surface area contributed by atoms with Gasteiger partial charge in [-0.05, 0) is 29.8 Å². The average Bonchev–Trinajstić information content (AvgIpc) is 2.42. The highest BCUT2D eigenvalue weighted by atomic mass is 35.5. The van der Waals surface area contributed by atoms with E-state index in [4.69, 9.17) is 28.3 Å². The number of carboxylic acid groups (broad SMARTS) is 1. The Balaban J connectivity index is 2.14. The van der Waals surface area contributed by atoms with E-state index in [1.807, 2.05) is 0 Å². The van der Waals surface area contributed by atoms with Crippen molar-refractivity contribution in [2.24, 2.45) is 0 Å². The highest BCUT2D eigenvalue weighted by Crippen LogP contribution is 2.22. The summed E-state index contributed by atoms with van der Waals surface area (Å²) in [4.78, 5) is 23.1. The van der Waals surface area contributed by atoms with Crippen LogP contribution >= 0.6 is 23.2 Å². The van der Waals surface area contributed by atoms with Gasteiger partial charge in [0.05, 0.1) is 17.7 Å². The van der Waals surface area contributed by atoms with E-state index in [9.17, 15) is 9.59 Å². The van der Waals surface area contributed by atoms with E-state index in [2.05, 4.69) is 5.32 Å². The van der Waals surface area contributed by atoms with E-state index < -0.39 is 5.97 Å². The molecule has 0 bridgehead atoms. The Kier molecular flexibility index (Phi) is 4.83. The van der Waals surface area contributed by atoms with Crippen LogP contribution in [0.1, 0.15) is 15.9 Å². The average molecular weight is 324 g/mol. The van der Waals surface area contributed by atoms with E-state index in [1.165, 1.54) is 12.1 Å². The number of carbonyl (C=O) groups is 2. The molecule has 0 aliphatic heterocycles. The summed E-state index contributed by atoms with van der Waals surface area (Å²) in [6.45, 7) is 0. The van der Waals surface area contributed by atoms with Crippen LogP contribution < -0.4 is 5.32 Å². The number of carbonyl (C=O) groups excluding carboxylic acids is 1. The lowest BCUT2D eigenvalue weighted by Gasteiger charge is -2.09. The molecule has 4 nitrogen and oxygen atoms in total. The number of benzene rings is 2. The maximum atomic E-state index is 12.0. The van der Waals surface area contributed by atoms with Crippen LogP contribution in [0, 0.1) is 0 Å². The molecule has 0 saturated heterocycles. The number of para-hydroxylation sites is 1. The third kappa shape index (κ3) is 3.97. The smallest absolute Gasteiger partial charge is 0.337 e. The zero-order valence-corrected chi connectivity index (χ0v) is 12.3. The molecule has 2 aromatic carbocycles. The van der Waals surface area contributed by atoms with Crippen molar-refractivity contribution >= 4 is 40.8 Å². The summed E-state index contributed by atoms with van der Waals surface area (Å²) in [6, 6.07) is 11.1. The van der Waals surface area contributed by atoms with Gasteiger partial charge in [0.1, 0.15) is 0 Å².